The molecule has 0 unspecified atom stereocenters. The second kappa shape index (κ2) is 7.51. The van der Waals surface area contributed by atoms with Gasteiger partial charge >= 0.3 is 0 Å². The fourth-order valence-electron chi connectivity index (χ4n) is 3.25. The number of anilines is 2. The largest absolute Gasteiger partial charge is 0.368 e. The standard InChI is InChI=1S/C23H18F2N4O/c1-12-3-6-16(28-22(30)17-7-4-13(2)20(24)21(17)25)10-18(12)14-5-8-19-15(9-14)11-27-23(26)29-19/h3-11H,1-2H3,(H,28,30)(H2,26,27,29). The van der Waals surface area contributed by atoms with Crippen molar-refractivity contribution in [3.63, 3.8) is 0 Å². The quantitative estimate of drug-likeness (QED) is 0.502. The first kappa shape index (κ1) is 19.4. The number of aryl methyl sites for hydroxylation is 2. The summed E-state index contributed by atoms with van der Waals surface area (Å²) in [4.78, 5) is 20.7. The summed E-state index contributed by atoms with van der Waals surface area (Å²) in [6, 6.07) is 13.7. The van der Waals surface area contributed by atoms with Crippen LogP contribution in [-0.4, -0.2) is 15.9 Å². The van der Waals surface area contributed by atoms with Gasteiger partial charge in [-0.1, -0.05) is 18.2 Å². The highest BCUT2D eigenvalue weighted by atomic mass is 19.2. The third-order valence-corrected chi connectivity index (χ3v) is 4.92. The monoisotopic (exact) mass is 404 g/mol. The van der Waals surface area contributed by atoms with E-state index in [1.54, 1.807) is 18.3 Å². The van der Waals surface area contributed by atoms with Crippen molar-refractivity contribution < 1.29 is 13.6 Å². The van der Waals surface area contributed by atoms with Crippen LogP contribution in [0.2, 0.25) is 0 Å². The van der Waals surface area contributed by atoms with Crippen LogP contribution in [-0.2, 0) is 0 Å². The van der Waals surface area contributed by atoms with Gasteiger partial charge in [-0.25, -0.2) is 18.7 Å². The predicted molar refractivity (Wildman–Crippen MR) is 113 cm³/mol. The van der Waals surface area contributed by atoms with Gasteiger partial charge in [-0.2, -0.15) is 0 Å². The second-order valence-electron chi connectivity index (χ2n) is 7.04. The maximum atomic E-state index is 14.1. The molecular formula is C23H18F2N4O. The highest BCUT2D eigenvalue weighted by molar-refractivity contribution is 6.05. The number of carbonyl (C=O) groups is 1. The van der Waals surface area contributed by atoms with Crippen LogP contribution < -0.4 is 11.1 Å². The smallest absolute Gasteiger partial charge is 0.258 e. The number of carbonyl (C=O) groups excluding carboxylic acids is 1. The number of nitrogens with two attached hydrogens (primary N) is 1. The van der Waals surface area contributed by atoms with Crippen molar-refractivity contribution in [3.8, 4) is 11.1 Å². The Kier molecular flexibility index (Phi) is 4.87. The number of nitrogens with zero attached hydrogens (tertiary/aromatic N) is 2. The van der Waals surface area contributed by atoms with E-state index in [-0.39, 0.29) is 17.1 Å². The summed E-state index contributed by atoms with van der Waals surface area (Å²) in [7, 11) is 0. The molecule has 7 heteroatoms. The van der Waals surface area contributed by atoms with Crippen LogP contribution in [0, 0.1) is 25.5 Å². The summed E-state index contributed by atoms with van der Waals surface area (Å²) < 4.78 is 28.0. The van der Waals surface area contributed by atoms with Crippen LogP contribution >= 0.6 is 0 Å². The average Bonchev–Trinajstić information content (AvgIpc) is 2.73. The summed E-state index contributed by atoms with van der Waals surface area (Å²) in [5.41, 5.74) is 9.38. The summed E-state index contributed by atoms with van der Waals surface area (Å²) in [5, 5.41) is 3.47. The Morgan fingerprint density at radius 3 is 2.53 bits per heavy atom. The van der Waals surface area contributed by atoms with Crippen molar-refractivity contribution in [2.75, 3.05) is 11.1 Å². The lowest BCUT2D eigenvalue weighted by Gasteiger charge is -2.12. The Morgan fingerprint density at radius 2 is 1.73 bits per heavy atom. The third-order valence-electron chi connectivity index (χ3n) is 4.92. The molecule has 0 bridgehead atoms. The van der Waals surface area contributed by atoms with Gasteiger partial charge in [-0.05, 0) is 66.4 Å². The van der Waals surface area contributed by atoms with Crippen molar-refractivity contribution in [2.45, 2.75) is 13.8 Å². The molecule has 30 heavy (non-hydrogen) atoms. The molecule has 0 saturated heterocycles. The summed E-state index contributed by atoms with van der Waals surface area (Å²) in [6.07, 6.45) is 1.65. The van der Waals surface area contributed by atoms with Crippen LogP contribution in [0.1, 0.15) is 21.5 Å². The highest BCUT2D eigenvalue weighted by Crippen LogP contribution is 2.29. The van der Waals surface area contributed by atoms with Gasteiger partial charge in [0.2, 0.25) is 5.95 Å². The molecule has 0 aliphatic rings. The lowest BCUT2D eigenvalue weighted by molar-refractivity contribution is 0.102. The molecule has 150 valence electrons. The average molecular weight is 404 g/mol. The molecule has 1 heterocycles. The van der Waals surface area contributed by atoms with Crippen molar-refractivity contribution in [3.05, 3.63) is 83.1 Å². The lowest BCUT2D eigenvalue weighted by Crippen LogP contribution is -2.15. The molecular weight excluding hydrogens is 386 g/mol. The fraction of sp³-hybridized carbons (Fsp3) is 0.0870. The number of hydrogen-bond donors (Lipinski definition) is 2. The highest BCUT2D eigenvalue weighted by Gasteiger charge is 2.17. The van der Waals surface area contributed by atoms with E-state index in [0.29, 0.717) is 5.69 Å². The van der Waals surface area contributed by atoms with Crippen LogP contribution in [0.3, 0.4) is 0 Å². The number of hydrogen-bond acceptors (Lipinski definition) is 4. The topological polar surface area (TPSA) is 80.9 Å². The SMILES string of the molecule is Cc1ccc(NC(=O)c2ccc(C)c(F)c2F)cc1-c1ccc2nc(N)ncc2c1. The van der Waals surface area contributed by atoms with Crippen molar-refractivity contribution in [1.29, 1.82) is 0 Å². The molecule has 0 atom stereocenters. The Hall–Kier alpha value is -3.87. The number of nitrogen functional groups attached to an aromatic ring is 1. The lowest BCUT2D eigenvalue weighted by atomic mass is 9.98. The summed E-state index contributed by atoms with van der Waals surface area (Å²) in [6.45, 7) is 3.38. The first-order chi connectivity index (χ1) is 14.3. The third kappa shape index (κ3) is 3.57. The molecule has 4 aromatic rings. The van der Waals surface area contributed by atoms with E-state index < -0.39 is 17.5 Å². The van der Waals surface area contributed by atoms with Gasteiger partial charge in [0.25, 0.3) is 5.91 Å². The fourth-order valence-corrected chi connectivity index (χ4v) is 3.25. The Bertz CT molecular complexity index is 1300. The molecule has 0 fully saturated rings. The number of rotatable bonds is 3. The zero-order valence-electron chi connectivity index (χ0n) is 16.3. The number of nitrogens with one attached hydrogen (secondary N) is 1. The van der Waals surface area contributed by atoms with E-state index >= 15 is 0 Å². The molecule has 1 aromatic heterocycles. The molecule has 1 amide bonds. The Labute approximate surface area is 171 Å². The molecule has 0 spiro atoms. The molecule has 0 aliphatic heterocycles. The minimum absolute atomic E-state index is 0.142. The molecule has 0 saturated carbocycles. The van der Waals surface area contributed by atoms with Crippen LogP contribution in [0.25, 0.3) is 22.0 Å². The molecule has 3 N–H and O–H groups in total. The molecule has 3 aromatic carbocycles. The van der Waals surface area contributed by atoms with Gasteiger partial charge in [-0.3, -0.25) is 4.79 Å². The van der Waals surface area contributed by atoms with Crippen molar-refractivity contribution >= 4 is 28.4 Å². The molecule has 5 nitrogen and oxygen atoms in total. The van der Waals surface area contributed by atoms with Gasteiger partial charge in [-0.15, -0.1) is 0 Å². The first-order valence-electron chi connectivity index (χ1n) is 9.23. The zero-order chi connectivity index (χ0) is 21.4. The van der Waals surface area contributed by atoms with E-state index in [1.165, 1.54) is 19.1 Å². The predicted octanol–water partition coefficient (Wildman–Crippen LogP) is 5.03. The van der Waals surface area contributed by atoms with Gasteiger partial charge in [0, 0.05) is 17.3 Å². The maximum absolute atomic E-state index is 14.1. The van der Waals surface area contributed by atoms with Gasteiger partial charge < -0.3 is 11.1 Å². The number of amides is 1. The minimum atomic E-state index is -1.16. The van der Waals surface area contributed by atoms with E-state index in [2.05, 4.69) is 15.3 Å². The molecule has 0 aliphatic carbocycles. The minimum Gasteiger partial charge on any atom is -0.368 e. The normalized spacial score (nSPS) is 10.9. The van der Waals surface area contributed by atoms with E-state index in [4.69, 9.17) is 5.73 Å². The van der Waals surface area contributed by atoms with Crippen LogP contribution in [0.5, 0.6) is 0 Å². The van der Waals surface area contributed by atoms with Crippen molar-refractivity contribution in [2.24, 2.45) is 0 Å². The first-order valence-corrected chi connectivity index (χ1v) is 9.23. The van der Waals surface area contributed by atoms with Crippen LogP contribution in [0.4, 0.5) is 20.4 Å². The Balaban J connectivity index is 1.68. The maximum Gasteiger partial charge on any atom is 0.258 e. The van der Waals surface area contributed by atoms with E-state index in [0.717, 1.165) is 27.6 Å². The number of aromatic nitrogens is 2. The van der Waals surface area contributed by atoms with Crippen LogP contribution in [0.15, 0.2) is 54.7 Å². The summed E-state index contributed by atoms with van der Waals surface area (Å²) in [5.74, 6) is -2.69. The van der Waals surface area contributed by atoms with Gasteiger partial charge in [0.1, 0.15) is 0 Å². The van der Waals surface area contributed by atoms with Gasteiger partial charge in [0.05, 0.1) is 11.1 Å². The van der Waals surface area contributed by atoms with Crippen molar-refractivity contribution in [1.82, 2.24) is 9.97 Å². The molecule has 0 radical (unpaired) electrons. The number of benzene rings is 3. The summed E-state index contributed by atoms with van der Waals surface area (Å²) >= 11 is 0. The van der Waals surface area contributed by atoms with E-state index in [1.807, 2.05) is 31.2 Å². The number of halogens is 2. The second-order valence-corrected chi connectivity index (χ2v) is 7.04. The van der Waals surface area contributed by atoms with E-state index in [9.17, 15) is 13.6 Å². The molecule has 4 rings (SSSR count). The number of fused-ring (bicyclic) bond motifs is 1. The zero-order valence-corrected chi connectivity index (χ0v) is 16.3. The Morgan fingerprint density at radius 1 is 0.967 bits per heavy atom. The van der Waals surface area contributed by atoms with Gasteiger partial charge in [0.15, 0.2) is 11.6 Å².